The number of carbonyl (C=O) groups excluding carboxylic acids is 1. The van der Waals surface area contributed by atoms with Crippen LogP contribution in [0.4, 0.5) is 0 Å². The topological polar surface area (TPSA) is 57.6 Å². The highest BCUT2D eigenvalue weighted by atomic mass is 16.4. The first-order chi connectivity index (χ1) is 9.47. The van der Waals surface area contributed by atoms with Crippen LogP contribution in [0.1, 0.15) is 30.9 Å². The van der Waals surface area contributed by atoms with Crippen molar-refractivity contribution >= 4 is 11.9 Å². The summed E-state index contributed by atoms with van der Waals surface area (Å²) >= 11 is 0. The summed E-state index contributed by atoms with van der Waals surface area (Å²) in [6.45, 7) is 3.72. The second-order valence-electron chi connectivity index (χ2n) is 5.68. The van der Waals surface area contributed by atoms with Crippen LogP contribution in [-0.2, 0) is 16.0 Å². The molecule has 1 aromatic carbocycles. The van der Waals surface area contributed by atoms with Crippen LogP contribution in [0.3, 0.4) is 0 Å². The Balaban J connectivity index is 1.99. The summed E-state index contributed by atoms with van der Waals surface area (Å²) < 4.78 is 0. The zero-order chi connectivity index (χ0) is 14.7. The maximum atomic E-state index is 12.4. The molecule has 4 nitrogen and oxygen atoms in total. The maximum Gasteiger partial charge on any atom is 0.323 e. The molecule has 1 saturated carbocycles. The first kappa shape index (κ1) is 14.6. The second-order valence-corrected chi connectivity index (χ2v) is 5.68. The summed E-state index contributed by atoms with van der Waals surface area (Å²) in [5.41, 5.74) is 2.31. The predicted octanol–water partition coefficient (Wildman–Crippen LogP) is 2.25. The molecule has 1 unspecified atom stereocenters. The number of benzene rings is 1. The van der Waals surface area contributed by atoms with Crippen molar-refractivity contribution in [2.75, 3.05) is 6.54 Å². The molecule has 1 atom stereocenters. The monoisotopic (exact) mass is 275 g/mol. The number of carboxylic acid groups (broad SMARTS) is 1. The van der Waals surface area contributed by atoms with Crippen LogP contribution in [0.2, 0.25) is 0 Å². The number of carboxylic acids is 1. The van der Waals surface area contributed by atoms with E-state index in [-0.39, 0.29) is 24.4 Å². The normalized spacial score (nSPS) is 15.7. The number of aliphatic carboxylic acids is 1. The molecule has 0 bridgehead atoms. The Labute approximate surface area is 119 Å². The lowest BCUT2D eigenvalue weighted by atomic mass is 9.99. The third kappa shape index (κ3) is 3.83. The van der Waals surface area contributed by atoms with Gasteiger partial charge >= 0.3 is 5.97 Å². The first-order valence-electron chi connectivity index (χ1n) is 7.05. The highest BCUT2D eigenvalue weighted by molar-refractivity contribution is 5.83. The van der Waals surface area contributed by atoms with E-state index in [1.54, 1.807) is 0 Å². The van der Waals surface area contributed by atoms with Crippen molar-refractivity contribution in [2.45, 2.75) is 39.2 Å². The van der Waals surface area contributed by atoms with E-state index in [0.29, 0.717) is 6.42 Å². The van der Waals surface area contributed by atoms with Crippen LogP contribution < -0.4 is 0 Å². The minimum Gasteiger partial charge on any atom is -0.480 e. The molecular formula is C16H21NO3. The van der Waals surface area contributed by atoms with Gasteiger partial charge in [0.1, 0.15) is 6.54 Å². The van der Waals surface area contributed by atoms with E-state index >= 15 is 0 Å². The zero-order valence-corrected chi connectivity index (χ0v) is 12.0. The van der Waals surface area contributed by atoms with E-state index in [1.807, 2.05) is 38.1 Å². The molecule has 20 heavy (non-hydrogen) atoms. The lowest BCUT2D eigenvalue weighted by molar-refractivity contribution is -0.146. The Hall–Kier alpha value is -1.84. The molecule has 0 spiro atoms. The van der Waals surface area contributed by atoms with Crippen LogP contribution in [-0.4, -0.2) is 34.5 Å². The standard InChI is InChI=1S/C16H21NO3/c1-11-3-5-13(6-4-11)9-12(2)16(20)17(10-15(18)19)14-7-8-14/h3-6,12,14H,7-10H2,1-2H3,(H,18,19). The fourth-order valence-corrected chi connectivity index (χ4v) is 2.37. The smallest absolute Gasteiger partial charge is 0.323 e. The molecule has 1 N–H and O–H groups in total. The largest absolute Gasteiger partial charge is 0.480 e. The number of rotatable bonds is 6. The van der Waals surface area contributed by atoms with E-state index in [2.05, 4.69) is 0 Å². The van der Waals surface area contributed by atoms with Gasteiger partial charge in [-0.1, -0.05) is 36.8 Å². The average Bonchev–Trinajstić information content (AvgIpc) is 3.22. The molecular weight excluding hydrogens is 254 g/mol. The number of nitrogens with zero attached hydrogens (tertiary/aromatic N) is 1. The molecule has 2 rings (SSSR count). The second kappa shape index (κ2) is 6.07. The van der Waals surface area contributed by atoms with Crippen LogP contribution in [0.15, 0.2) is 24.3 Å². The van der Waals surface area contributed by atoms with Crippen LogP contribution in [0, 0.1) is 12.8 Å². The zero-order valence-electron chi connectivity index (χ0n) is 12.0. The number of carbonyl (C=O) groups is 2. The van der Waals surface area contributed by atoms with Gasteiger partial charge < -0.3 is 10.0 Å². The number of amides is 1. The Morgan fingerprint density at radius 1 is 1.30 bits per heavy atom. The Bertz CT molecular complexity index is 491. The summed E-state index contributed by atoms with van der Waals surface area (Å²) in [7, 11) is 0. The molecule has 4 heteroatoms. The Morgan fingerprint density at radius 3 is 2.40 bits per heavy atom. The molecule has 1 amide bonds. The van der Waals surface area contributed by atoms with E-state index < -0.39 is 5.97 Å². The third-order valence-corrected chi connectivity index (χ3v) is 3.66. The van der Waals surface area contributed by atoms with Crippen LogP contribution in [0.5, 0.6) is 0 Å². The molecule has 1 aliphatic carbocycles. The average molecular weight is 275 g/mol. The van der Waals surface area contributed by atoms with Gasteiger partial charge in [-0.2, -0.15) is 0 Å². The lowest BCUT2D eigenvalue weighted by Crippen LogP contribution is -2.41. The summed E-state index contributed by atoms with van der Waals surface area (Å²) in [4.78, 5) is 24.8. The van der Waals surface area contributed by atoms with Gasteiger partial charge in [-0.05, 0) is 31.7 Å². The van der Waals surface area contributed by atoms with Gasteiger partial charge in [-0.15, -0.1) is 0 Å². The van der Waals surface area contributed by atoms with Gasteiger partial charge in [0.2, 0.25) is 5.91 Å². The Morgan fingerprint density at radius 2 is 1.90 bits per heavy atom. The molecule has 108 valence electrons. The molecule has 1 aliphatic rings. The molecule has 1 fully saturated rings. The van der Waals surface area contributed by atoms with E-state index in [0.717, 1.165) is 18.4 Å². The van der Waals surface area contributed by atoms with Crippen LogP contribution in [0.25, 0.3) is 0 Å². The van der Waals surface area contributed by atoms with Crippen molar-refractivity contribution < 1.29 is 14.7 Å². The fraction of sp³-hybridized carbons (Fsp3) is 0.500. The molecule has 1 aromatic rings. The highest BCUT2D eigenvalue weighted by Crippen LogP contribution is 2.28. The van der Waals surface area contributed by atoms with Gasteiger partial charge in [0.05, 0.1) is 0 Å². The van der Waals surface area contributed by atoms with E-state index in [9.17, 15) is 9.59 Å². The molecule has 0 aromatic heterocycles. The molecule has 0 aliphatic heterocycles. The van der Waals surface area contributed by atoms with Crippen LogP contribution >= 0.6 is 0 Å². The van der Waals surface area contributed by atoms with Gasteiger partial charge in [-0.3, -0.25) is 9.59 Å². The van der Waals surface area contributed by atoms with E-state index in [4.69, 9.17) is 5.11 Å². The van der Waals surface area contributed by atoms with Crippen molar-refractivity contribution in [3.63, 3.8) is 0 Å². The molecule has 0 heterocycles. The minimum absolute atomic E-state index is 0.0459. The van der Waals surface area contributed by atoms with E-state index in [1.165, 1.54) is 10.5 Å². The predicted molar refractivity (Wildman–Crippen MR) is 76.4 cm³/mol. The van der Waals surface area contributed by atoms with Gasteiger partial charge in [-0.25, -0.2) is 0 Å². The summed E-state index contributed by atoms with van der Waals surface area (Å²) in [5.74, 6) is -1.17. The summed E-state index contributed by atoms with van der Waals surface area (Å²) in [5, 5.41) is 8.92. The molecule has 0 saturated heterocycles. The number of hydrogen-bond donors (Lipinski definition) is 1. The van der Waals surface area contributed by atoms with Gasteiger partial charge in [0.15, 0.2) is 0 Å². The highest BCUT2D eigenvalue weighted by Gasteiger charge is 2.35. The molecule has 0 radical (unpaired) electrons. The minimum atomic E-state index is -0.937. The van der Waals surface area contributed by atoms with Gasteiger partial charge in [0, 0.05) is 12.0 Å². The lowest BCUT2D eigenvalue weighted by Gasteiger charge is -2.24. The van der Waals surface area contributed by atoms with Gasteiger partial charge in [0.25, 0.3) is 0 Å². The summed E-state index contributed by atoms with van der Waals surface area (Å²) in [6.07, 6.45) is 2.51. The SMILES string of the molecule is Cc1ccc(CC(C)C(=O)N(CC(=O)O)C2CC2)cc1. The van der Waals surface area contributed by atoms with Crippen molar-refractivity contribution in [2.24, 2.45) is 5.92 Å². The quantitative estimate of drug-likeness (QED) is 0.866. The van der Waals surface area contributed by atoms with Crippen molar-refractivity contribution in [3.8, 4) is 0 Å². The first-order valence-corrected chi connectivity index (χ1v) is 7.05. The number of hydrogen-bond acceptors (Lipinski definition) is 2. The van der Waals surface area contributed by atoms with Crippen molar-refractivity contribution in [3.05, 3.63) is 35.4 Å². The number of aryl methyl sites for hydroxylation is 1. The van der Waals surface area contributed by atoms with Crippen molar-refractivity contribution in [1.29, 1.82) is 0 Å². The third-order valence-electron chi connectivity index (χ3n) is 3.66. The fourth-order valence-electron chi connectivity index (χ4n) is 2.37. The Kier molecular flexibility index (Phi) is 4.42. The summed E-state index contributed by atoms with van der Waals surface area (Å²) in [6, 6.07) is 8.25. The van der Waals surface area contributed by atoms with Crippen molar-refractivity contribution in [1.82, 2.24) is 4.90 Å². The maximum absolute atomic E-state index is 12.4.